The van der Waals surface area contributed by atoms with Gasteiger partial charge in [0.25, 0.3) is 0 Å². The molecule has 0 aromatic rings. The van der Waals surface area contributed by atoms with Crippen molar-refractivity contribution in [3.05, 3.63) is 6.92 Å². The molecule has 0 aromatic heterocycles. The van der Waals surface area contributed by atoms with Gasteiger partial charge in [-0.05, 0) is 0 Å². The van der Waals surface area contributed by atoms with Gasteiger partial charge in [0.15, 0.2) is 0 Å². The Hall–Kier alpha value is 0.597. The summed E-state index contributed by atoms with van der Waals surface area (Å²) < 4.78 is 0. The van der Waals surface area contributed by atoms with Crippen molar-refractivity contribution in [1.82, 2.24) is 0 Å². The predicted molar refractivity (Wildman–Crippen MR) is 38.7 cm³/mol. The van der Waals surface area contributed by atoms with Gasteiger partial charge in [-0.2, -0.15) is 5.41 Å². The van der Waals surface area contributed by atoms with Crippen LogP contribution in [0.3, 0.4) is 0 Å². The van der Waals surface area contributed by atoms with Crippen LogP contribution in [-0.2, 0) is 0 Å². The molecule has 0 aliphatic heterocycles. The molecule has 0 bridgehead atoms. The minimum atomic E-state index is 0. The van der Waals surface area contributed by atoms with Crippen LogP contribution in [0.25, 0.3) is 0 Å². The van der Waals surface area contributed by atoms with Gasteiger partial charge in [-0.15, -0.1) is 0 Å². The van der Waals surface area contributed by atoms with Crippen molar-refractivity contribution in [3.8, 4) is 0 Å². The van der Waals surface area contributed by atoms with Crippen molar-refractivity contribution in [2.75, 3.05) is 0 Å². The van der Waals surface area contributed by atoms with Crippen LogP contribution in [0.5, 0.6) is 0 Å². The Morgan fingerprint density at radius 2 is 1.22 bits per heavy atom. The third-order valence-electron chi connectivity index (χ3n) is 2.25. The van der Waals surface area contributed by atoms with E-state index in [1.807, 2.05) is 0 Å². The normalized spacial score (nSPS) is 10.7. The molecule has 0 saturated carbocycles. The minimum absolute atomic E-state index is 0. The molecule has 0 atom stereocenters. The van der Waals surface area contributed by atoms with Gasteiger partial charge in [0.2, 0.25) is 0 Å². The van der Waals surface area contributed by atoms with Crippen LogP contribution < -0.4 is 18.9 Å². The first-order chi connectivity index (χ1) is 3.68. The fourth-order valence-electron chi connectivity index (χ4n) is 0.750. The molecule has 0 nitrogen and oxygen atoms in total. The quantitative estimate of drug-likeness (QED) is 0.364. The molecular weight excluding hydrogens is 103 g/mol. The van der Waals surface area contributed by atoms with E-state index < -0.39 is 0 Å². The molecule has 0 saturated heterocycles. The standard InChI is InChI=1S/C8H17.Li/c1-5-8(4,6-2)7-3;/h4-7H2,1-3H3;/q-1;+1. The number of rotatable bonds is 3. The van der Waals surface area contributed by atoms with E-state index in [9.17, 15) is 0 Å². The first-order valence-corrected chi connectivity index (χ1v) is 3.54. The second-order valence-electron chi connectivity index (χ2n) is 2.56. The minimum Gasteiger partial charge on any atom is -0.337 e. The molecule has 0 rings (SSSR count). The maximum Gasteiger partial charge on any atom is 1.00 e. The largest absolute Gasteiger partial charge is 1.00 e. The third kappa shape index (κ3) is 4.06. The molecule has 0 radical (unpaired) electrons. The van der Waals surface area contributed by atoms with E-state index >= 15 is 0 Å². The summed E-state index contributed by atoms with van der Waals surface area (Å²) in [6.07, 6.45) is 3.63. The molecule has 0 aliphatic carbocycles. The van der Waals surface area contributed by atoms with Gasteiger partial charge in [0.05, 0.1) is 0 Å². The van der Waals surface area contributed by atoms with Crippen LogP contribution in [0.15, 0.2) is 0 Å². The van der Waals surface area contributed by atoms with Crippen LogP contribution in [0.2, 0.25) is 0 Å². The van der Waals surface area contributed by atoms with Crippen molar-refractivity contribution in [3.63, 3.8) is 0 Å². The summed E-state index contributed by atoms with van der Waals surface area (Å²) in [5.74, 6) is 0. The zero-order valence-electron chi connectivity index (χ0n) is 7.33. The fourth-order valence-corrected chi connectivity index (χ4v) is 0.750. The molecule has 0 spiro atoms. The van der Waals surface area contributed by atoms with E-state index in [2.05, 4.69) is 27.7 Å². The summed E-state index contributed by atoms with van der Waals surface area (Å²) in [6.45, 7) is 10.8. The van der Waals surface area contributed by atoms with Crippen molar-refractivity contribution in [1.29, 1.82) is 0 Å². The van der Waals surface area contributed by atoms with Gasteiger partial charge in [0, 0.05) is 0 Å². The van der Waals surface area contributed by atoms with Gasteiger partial charge >= 0.3 is 18.9 Å². The van der Waals surface area contributed by atoms with Crippen molar-refractivity contribution in [2.24, 2.45) is 5.41 Å². The van der Waals surface area contributed by atoms with E-state index in [0.29, 0.717) is 5.41 Å². The monoisotopic (exact) mass is 120 g/mol. The fraction of sp³-hybridized carbons (Fsp3) is 0.875. The second-order valence-corrected chi connectivity index (χ2v) is 2.56. The summed E-state index contributed by atoms with van der Waals surface area (Å²) in [5.41, 5.74) is 0.375. The van der Waals surface area contributed by atoms with E-state index in [1.165, 1.54) is 19.3 Å². The van der Waals surface area contributed by atoms with Crippen LogP contribution in [0.4, 0.5) is 0 Å². The maximum atomic E-state index is 4.12. The topological polar surface area (TPSA) is 0 Å². The van der Waals surface area contributed by atoms with Gasteiger partial charge in [0.1, 0.15) is 0 Å². The van der Waals surface area contributed by atoms with Crippen LogP contribution in [-0.4, -0.2) is 0 Å². The van der Waals surface area contributed by atoms with E-state index in [0.717, 1.165) is 0 Å². The molecule has 0 unspecified atom stereocenters. The summed E-state index contributed by atoms with van der Waals surface area (Å²) in [6, 6.07) is 0. The Labute approximate surface area is 71.6 Å². The molecule has 0 heterocycles. The molecule has 0 N–H and O–H groups in total. The Balaban J connectivity index is 0. The van der Waals surface area contributed by atoms with E-state index in [-0.39, 0.29) is 18.9 Å². The molecule has 9 heavy (non-hydrogen) atoms. The van der Waals surface area contributed by atoms with Crippen molar-refractivity contribution < 1.29 is 18.9 Å². The Morgan fingerprint density at radius 3 is 1.22 bits per heavy atom. The molecule has 0 amide bonds. The molecule has 0 aliphatic rings. The Morgan fingerprint density at radius 1 is 1.00 bits per heavy atom. The van der Waals surface area contributed by atoms with Crippen LogP contribution in [0, 0.1) is 12.3 Å². The summed E-state index contributed by atoms with van der Waals surface area (Å²) in [4.78, 5) is 0. The van der Waals surface area contributed by atoms with Gasteiger partial charge < -0.3 is 6.92 Å². The molecule has 1 heteroatoms. The third-order valence-corrected chi connectivity index (χ3v) is 2.25. The van der Waals surface area contributed by atoms with Gasteiger partial charge in [-0.3, -0.25) is 0 Å². The van der Waals surface area contributed by atoms with Gasteiger partial charge in [-0.25, -0.2) is 0 Å². The van der Waals surface area contributed by atoms with Gasteiger partial charge in [-0.1, -0.05) is 40.0 Å². The van der Waals surface area contributed by atoms with Crippen LogP contribution in [0.1, 0.15) is 40.0 Å². The summed E-state index contributed by atoms with van der Waals surface area (Å²) in [5, 5.41) is 0. The summed E-state index contributed by atoms with van der Waals surface area (Å²) >= 11 is 0. The Kier molecular flexibility index (Phi) is 7.36. The van der Waals surface area contributed by atoms with Crippen LogP contribution >= 0.6 is 0 Å². The average Bonchev–Trinajstić information content (AvgIpc) is 1.87. The zero-order valence-corrected chi connectivity index (χ0v) is 7.33. The zero-order chi connectivity index (χ0) is 6.62. The molecule has 50 valence electrons. The second kappa shape index (κ2) is 5.39. The van der Waals surface area contributed by atoms with Crippen molar-refractivity contribution in [2.45, 2.75) is 40.0 Å². The molecule has 0 aromatic carbocycles. The average molecular weight is 120 g/mol. The molecule has 0 fully saturated rings. The van der Waals surface area contributed by atoms with Crippen molar-refractivity contribution >= 4 is 0 Å². The number of hydrogen-bond acceptors (Lipinski definition) is 0. The van der Waals surface area contributed by atoms with E-state index in [4.69, 9.17) is 0 Å². The smallest absolute Gasteiger partial charge is 0.337 e. The predicted octanol–water partition coefficient (Wildman–Crippen LogP) is 0.0409. The first kappa shape index (κ1) is 12.3. The summed E-state index contributed by atoms with van der Waals surface area (Å²) in [7, 11) is 0. The number of hydrogen-bond donors (Lipinski definition) is 0. The first-order valence-electron chi connectivity index (χ1n) is 3.54. The Bertz CT molecular complexity index is 47.3. The molecular formula is C8H17Li. The van der Waals surface area contributed by atoms with E-state index in [1.54, 1.807) is 0 Å². The SMILES string of the molecule is [CH2-]C(CC)(CC)CC.[Li+]. The maximum absolute atomic E-state index is 4.12.